The van der Waals surface area contributed by atoms with E-state index in [2.05, 4.69) is 90.5 Å². The molecule has 0 unspecified atom stereocenters. The third kappa shape index (κ3) is 5.85. The Balaban J connectivity index is 2.08. The number of nitrogens with one attached hydrogen (secondary N) is 1. The molecule has 0 saturated heterocycles. The molecule has 0 aliphatic heterocycles. The Morgan fingerprint density at radius 1 is 1.05 bits per heavy atom. The minimum atomic E-state index is 0.133. The highest BCUT2D eigenvalue weighted by Gasteiger charge is 2.11. The summed E-state index contributed by atoms with van der Waals surface area (Å²) < 4.78 is 1.14. The largest absolute Gasteiger partial charge is 0.308 e. The van der Waals surface area contributed by atoms with E-state index in [1.54, 1.807) is 0 Å². The Hall–Kier alpha value is -0.770. The lowest BCUT2D eigenvalue weighted by atomic mass is 10.1. The van der Waals surface area contributed by atoms with Crippen molar-refractivity contribution in [2.24, 2.45) is 0 Å². The van der Waals surface area contributed by atoms with Gasteiger partial charge in [0.05, 0.1) is 0 Å². The van der Waals surface area contributed by atoms with Crippen LogP contribution in [0.5, 0.6) is 0 Å². The zero-order chi connectivity index (χ0) is 15.3. The molecule has 0 aromatic heterocycles. The van der Waals surface area contributed by atoms with Crippen molar-refractivity contribution in [3.8, 4) is 0 Å². The molecule has 0 atom stereocenters. The average molecular weight is 364 g/mol. The van der Waals surface area contributed by atoms with Crippen molar-refractivity contribution in [3.05, 3.63) is 64.1 Å². The molecular weight excluding hydrogens is 342 g/mol. The second-order valence-electron chi connectivity index (χ2n) is 6.13. The maximum Gasteiger partial charge on any atom is 0.0232 e. The van der Waals surface area contributed by atoms with Gasteiger partial charge in [-0.05, 0) is 44.0 Å². The molecule has 0 aliphatic rings. The van der Waals surface area contributed by atoms with E-state index in [0.29, 0.717) is 0 Å². The van der Waals surface area contributed by atoms with Crippen LogP contribution < -0.4 is 5.32 Å². The van der Waals surface area contributed by atoms with E-state index in [0.717, 1.165) is 16.8 Å². The molecule has 0 radical (unpaired) electrons. The summed E-state index contributed by atoms with van der Waals surface area (Å²) in [5, 5.41) is 3.57. The fourth-order valence-corrected chi connectivity index (χ4v) is 3.47. The molecule has 0 amide bonds. The minimum Gasteiger partial charge on any atom is -0.308 e. The van der Waals surface area contributed by atoms with E-state index >= 15 is 0 Å². The van der Waals surface area contributed by atoms with Crippen molar-refractivity contribution in [2.75, 3.05) is 0 Å². The normalized spacial score (nSPS) is 11.6. The average Bonchev–Trinajstić information content (AvgIpc) is 2.44. The van der Waals surface area contributed by atoms with Crippen LogP contribution in [0.2, 0.25) is 0 Å². The molecule has 1 nitrogen and oxygen atoms in total. The molecule has 3 heteroatoms. The van der Waals surface area contributed by atoms with Crippen LogP contribution in [0.1, 0.15) is 31.9 Å². The van der Waals surface area contributed by atoms with Crippen molar-refractivity contribution in [1.82, 2.24) is 5.32 Å². The Morgan fingerprint density at radius 3 is 2.43 bits per heavy atom. The van der Waals surface area contributed by atoms with Crippen LogP contribution in [0.25, 0.3) is 0 Å². The van der Waals surface area contributed by atoms with Crippen LogP contribution in [-0.2, 0) is 12.3 Å². The topological polar surface area (TPSA) is 12.0 Å². The first-order valence-electron chi connectivity index (χ1n) is 7.14. The summed E-state index contributed by atoms with van der Waals surface area (Å²) >= 11 is 5.47. The van der Waals surface area contributed by atoms with Crippen LogP contribution >= 0.6 is 27.7 Å². The van der Waals surface area contributed by atoms with Crippen molar-refractivity contribution in [3.63, 3.8) is 0 Å². The summed E-state index contributed by atoms with van der Waals surface area (Å²) in [5.41, 5.74) is 2.85. The standard InChI is InChI=1S/C18H22BrNS/c1-18(2,3)20-12-15-9-10-16(19)11-17(15)21-13-14-7-5-4-6-8-14/h4-11,20H,12-13H2,1-3H3. The molecule has 112 valence electrons. The van der Waals surface area contributed by atoms with Gasteiger partial charge in [-0.25, -0.2) is 0 Å². The fourth-order valence-electron chi connectivity index (χ4n) is 1.90. The molecular formula is C18H22BrNS. The minimum absolute atomic E-state index is 0.133. The predicted molar refractivity (Wildman–Crippen MR) is 96.7 cm³/mol. The molecule has 0 fully saturated rings. The zero-order valence-electron chi connectivity index (χ0n) is 12.8. The molecule has 1 N–H and O–H groups in total. The highest BCUT2D eigenvalue weighted by molar-refractivity contribution is 9.10. The quantitative estimate of drug-likeness (QED) is 0.690. The van der Waals surface area contributed by atoms with E-state index in [-0.39, 0.29) is 5.54 Å². The molecule has 0 heterocycles. The van der Waals surface area contributed by atoms with Gasteiger partial charge in [0.2, 0.25) is 0 Å². The number of benzene rings is 2. The van der Waals surface area contributed by atoms with E-state index in [1.165, 1.54) is 16.0 Å². The monoisotopic (exact) mass is 363 g/mol. The number of rotatable bonds is 5. The van der Waals surface area contributed by atoms with Crippen molar-refractivity contribution < 1.29 is 0 Å². The number of thioether (sulfide) groups is 1. The molecule has 2 aromatic carbocycles. The lowest BCUT2D eigenvalue weighted by molar-refractivity contribution is 0.422. The zero-order valence-corrected chi connectivity index (χ0v) is 15.2. The highest BCUT2D eigenvalue weighted by atomic mass is 79.9. The van der Waals surface area contributed by atoms with Gasteiger partial charge in [-0.1, -0.05) is 52.3 Å². The van der Waals surface area contributed by atoms with E-state index < -0.39 is 0 Å². The van der Waals surface area contributed by atoms with E-state index in [1.807, 2.05) is 11.8 Å². The first-order valence-corrected chi connectivity index (χ1v) is 8.92. The molecule has 0 aliphatic carbocycles. The Kier molecular flexibility index (Phi) is 5.91. The summed E-state index contributed by atoms with van der Waals surface area (Å²) in [6, 6.07) is 17.1. The highest BCUT2D eigenvalue weighted by Crippen LogP contribution is 2.29. The molecule has 0 saturated carbocycles. The van der Waals surface area contributed by atoms with Crippen LogP contribution in [0.3, 0.4) is 0 Å². The van der Waals surface area contributed by atoms with Gasteiger partial charge in [0.1, 0.15) is 0 Å². The fraction of sp³-hybridized carbons (Fsp3) is 0.333. The smallest absolute Gasteiger partial charge is 0.0232 e. The van der Waals surface area contributed by atoms with Gasteiger partial charge < -0.3 is 5.32 Å². The van der Waals surface area contributed by atoms with Crippen molar-refractivity contribution >= 4 is 27.7 Å². The Labute approximate surface area is 140 Å². The predicted octanol–water partition coefficient (Wildman–Crippen LogP) is 5.63. The summed E-state index contributed by atoms with van der Waals surface area (Å²) in [4.78, 5) is 1.34. The second kappa shape index (κ2) is 7.48. The molecule has 2 aromatic rings. The number of halogens is 1. The first kappa shape index (κ1) is 16.6. The molecule has 0 bridgehead atoms. The van der Waals surface area contributed by atoms with Gasteiger partial charge in [-0.3, -0.25) is 0 Å². The van der Waals surface area contributed by atoms with Crippen LogP contribution in [0.4, 0.5) is 0 Å². The molecule has 21 heavy (non-hydrogen) atoms. The third-order valence-corrected chi connectivity index (χ3v) is 4.74. The first-order chi connectivity index (χ1) is 9.94. The van der Waals surface area contributed by atoms with Crippen molar-refractivity contribution in [2.45, 2.75) is 43.5 Å². The number of hydrogen-bond acceptors (Lipinski definition) is 2. The molecule has 0 spiro atoms. The Morgan fingerprint density at radius 2 is 1.76 bits per heavy atom. The summed E-state index contributed by atoms with van der Waals surface area (Å²) in [6.45, 7) is 7.49. The molecule has 2 rings (SSSR count). The summed E-state index contributed by atoms with van der Waals surface area (Å²) in [7, 11) is 0. The van der Waals surface area contributed by atoms with Gasteiger partial charge in [-0.2, -0.15) is 0 Å². The van der Waals surface area contributed by atoms with Gasteiger partial charge >= 0.3 is 0 Å². The third-order valence-electron chi connectivity index (χ3n) is 3.08. The van der Waals surface area contributed by atoms with Gasteiger partial charge in [0.25, 0.3) is 0 Å². The van der Waals surface area contributed by atoms with Gasteiger partial charge in [0, 0.05) is 27.2 Å². The SMILES string of the molecule is CC(C)(C)NCc1ccc(Br)cc1SCc1ccccc1. The lowest BCUT2D eigenvalue weighted by Gasteiger charge is -2.21. The van der Waals surface area contributed by atoms with E-state index in [4.69, 9.17) is 0 Å². The summed E-state index contributed by atoms with van der Waals surface area (Å²) in [5.74, 6) is 1.000. The van der Waals surface area contributed by atoms with Crippen LogP contribution in [0.15, 0.2) is 57.9 Å². The van der Waals surface area contributed by atoms with Gasteiger partial charge in [0.15, 0.2) is 0 Å². The second-order valence-corrected chi connectivity index (χ2v) is 8.06. The maximum absolute atomic E-state index is 3.58. The van der Waals surface area contributed by atoms with Crippen LogP contribution in [-0.4, -0.2) is 5.54 Å². The lowest BCUT2D eigenvalue weighted by Crippen LogP contribution is -2.35. The van der Waals surface area contributed by atoms with E-state index in [9.17, 15) is 0 Å². The summed E-state index contributed by atoms with van der Waals surface area (Å²) in [6.07, 6.45) is 0. The Bertz CT molecular complexity index is 576. The van der Waals surface area contributed by atoms with Gasteiger partial charge in [-0.15, -0.1) is 11.8 Å². The number of hydrogen-bond donors (Lipinski definition) is 1. The maximum atomic E-state index is 3.58. The van der Waals surface area contributed by atoms with Crippen molar-refractivity contribution in [1.29, 1.82) is 0 Å². The van der Waals surface area contributed by atoms with Crippen LogP contribution in [0, 0.1) is 0 Å².